The van der Waals surface area contributed by atoms with E-state index in [1.54, 1.807) is 0 Å². The van der Waals surface area contributed by atoms with Gasteiger partial charge in [-0.1, -0.05) is 21.9 Å². The highest BCUT2D eigenvalue weighted by molar-refractivity contribution is 7.19. The Morgan fingerprint density at radius 1 is 1.50 bits per heavy atom. The van der Waals surface area contributed by atoms with Gasteiger partial charge in [0.2, 0.25) is 5.83 Å². The molecule has 0 N–H and O–H groups in total. The summed E-state index contributed by atoms with van der Waals surface area (Å²) in [6, 6.07) is 0. The van der Waals surface area contributed by atoms with Crippen LogP contribution in [0.4, 0.5) is 17.6 Å². The molecule has 0 saturated heterocycles. The van der Waals surface area contributed by atoms with E-state index in [2.05, 4.69) is 11.3 Å². The topological polar surface area (TPSA) is 9.23 Å². The van der Waals surface area contributed by atoms with Gasteiger partial charge in [0.15, 0.2) is 11.2 Å². The lowest BCUT2D eigenvalue weighted by Crippen LogP contribution is -2.20. The molecule has 1 nitrogen and oxygen atoms in total. The summed E-state index contributed by atoms with van der Waals surface area (Å²) >= 11 is 0. The van der Waals surface area contributed by atoms with Gasteiger partial charge in [0.05, 0.1) is 6.42 Å². The molecule has 0 aromatic rings. The lowest BCUT2D eigenvalue weighted by molar-refractivity contribution is 0.00660. The molecule has 0 spiro atoms. The standard InChI is InChI=1S/C8H9F4OP/c1-2-3-13-6-5(9)7(10,11)4-8(6,12)14/h2H,1,3-4,14H2. The van der Waals surface area contributed by atoms with Gasteiger partial charge in [-0.2, -0.15) is 8.78 Å². The van der Waals surface area contributed by atoms with E-state index in [1.165, 1.54) is 15.3 Å². The number of alkyl halides is 3. The summed E-state index contributed by atoms with van der Waals surface area (Å²) in [5.74, 6) is -6.57. The van der Waals surface area contributed by atoms with Gasteiger partial charge in [0.25, 0.3) is 0 Å². The van der Waals surface area contributed by atoms with Crippen molar-refractivity contribution in [2.45, 2.75) is 17.8 Å². The van der Waals surface area contributed by atoms with Crippen molar-refractivity contribution in [3.63, 3.8) is 0 Å². The molecule has 80 valence electrons. The zero-order chi connectivity index (χ0) is 11.0. The predicted octanol–water partition coefficient (Wildman–Crippen LogP) is 2.95. The largest absolute Gasteiger partial charge is 0.487 e. The number of hydrogen-bond donors (Lipinski definition) is 0. The van der Waals surface area contributed by atoms with E-state index >= 15 is 0 Å². The zero-order valence-electron chi connectivity index (χ0n) is 7.20. The van der Waals surface area contributed by atoms with Crippen molar-refractivity contribution in [3.05, 3.63) is 24.2 Å². The fourth-order valence-corrected chi connectivity index (χ4v) is 1.62. The second-order valence-corrected chi connectivity index (χ2v) is 3.90. The van der Waals surface area contributed by atoms with Crippen molar-refractivity contribution in [1.29, 1.82) is 0 Å². The number of rotatable bonds is 3. The molecule has 0 saturated carbocycles. The lowest BCUT2D eigenvalue weighted by atomic mass is 10.2. The maximum atomic E-state index is 13.4. The highest BCUT2D eigenvalue weighted by Crippen LogP contribution is 2.52. The Morgan fingerprint density at radius 3 is 2.43 bits per heavy atom. The maximum absolute atomic E-state index is 13.4. The van der Waals surface area contributed by atoms with Crippen molar-refractivity contribution in [1.82, 2.24) is 0 Å². The van der Waals surface area contributed by atoms with Crippen molar-refractivity contribution < 1.29 is 22.3 Å². The summed E-state index contributed by atoms with van der Waals surface area (Å²) in [6.45, 7) is 3.03. The van der Waals surface area contributed by atoms with Crippen molar-refractivity contribution in [2.24, 2.45) is 0 Å². The molecular formula is C8H9F4OP. The van der Waals surface area contributed by atoms with Crippen LogP contribution in [-0.2, 0) is 4.74 Å². The summed E-state index contributed by atoms with van der Waals surface area (Å²) in [5.41, 5.74) is 0. The fraction of sp³-hybridized carbons (Fsp3) is 0.500. The molecule has 0 bridgehead atoms. The van der Waals surface area contributed by atoms with Crippen LogP contribution in [0.1, 0.15) is 6.42 Å². The van der Waals surface area contributed by atoms with Crippen LogP contribution in [0.2, 0.25) is 0 Å². The molecule has 1 aliphatic carbocycles. The minimum Gasteiger partial charge on any atom is -0.487 e. The highest BCUT2D eigenvalue weighted by atomic mass is 31.0. The van der Waals surface area contributed by atoms with Crippen LogP contribution in [0.25, 0.3) is 0 Å². The Balaban J connectivity index is 2.96. The van der Waals surface area contributed by atoms with Crippen LogP contribution >= 0.6 is 9.24 Å². The van der Waals surface area contributed by atoms with Gasteiger partial charge in [-0.25, -0.2) is 8.78 Å². The summed E-state index contributed by atoms with van der Waals surface area (Å²) < 4.78 is 56.2. The van der Waals surface area contributed by atoms with Crippen molar-refractivity contribution >= 4 is 9.24 Å². The molecule has 0 radical (unpaired) electrons. The molecule has 1 aliphatic rings. The Kier molecular flexibility index (Phi) is 2.91. The molecule has 0 fully saturated rings. The number of ether oxygens (including phenoxy) is 1. The second-order valence-electron chi connectivity index (χ2n) is 2.99. The minimum absolute atomic E-state index is 0.209. The first-order valence-corrected chi connectivity index (χ1v) is 4.39. The van der Waals surface area contributed by atoms with E-state index in [9.17, 15) is 17.6 Å². The Morgan fingerprint density at radius 2 is 2.07 bits per heavy atom. The number of hydrogen-bond acceptors (Lipinski definition) is 1. The molecule has 6 heteroatoms. The summed E-state index contributed by atoms with van der Waals surface area (Å²) in [4.78, 5) is 0. The normalized spacial score (nSPS) is 30.6. The smallest absolute Gasteiger partial charge is 0.306 e. The average molecular weight is 228 g/mol. The second kappa shape index (κ2) is 3.54. The Hall–Kier alpha value is -0.570. The van der Waals surface area contributed by atoms with Crippen molar-refractivity contribution in [3.8, 4) is 0 Å². The first-order valence-electron chi connectivity index (χ1n) is 3.81. The Labute approximate surface area is 81.0 Å². The third kappa shape index (κ3) is 1.92. The van der Waals surface area contributed by atoms with Crippen LogP contribution in [0.5, 0.6) is 0 Å². The minimum atomic E-state index is -3.78. The van der Waals surface area contributed by atoms with Gasteiger partial charge in [-0.3, -0.25) is 0 Å². The summed E-state index contributed by atoms with van der Waals surface area (Å²) in [7, 11) is 1.53. The van der Waals surface area contributed by atoms with Gasteiger partial charge in [-0.05, 0) is 0 Å². The molecule has 14 heavy (non-hydrogen) atoms. The monoisotopic (exact) mass is 228 g/mol. The fourth-order valence-electron chi connectivity index (χ4n) is 1.16. The molecule has 1 rings (SSSR count). The molecule has 0 aromatic carbocycles. The van der Waals surface area contributed by atoms with E-state index < -0.39 is 29.3 Å². The molecule has 0 heterocycles. The third-order valence-electron chi connectivity index (χ3n) is 1.72. The van der Waals surface area contributed by atoms with E-state index in [0.29, 0.717) is 0 Å². The van der Waals surface area contributed by atoms with Crippen LogP contribution in [0.3, 0.4) is 0 Å². The molecule has 2 atom stereocenters. The maximum Gasteiger partial charge on any atom is 0.306 e. The summed E-state index contributed by atoms with van der Waals surface area (Å²) in [6.07, 6.45) is -0.0273. The summed E-state index contributed by atoms with van der Waals surface area (Å²) in [5, 5.41) is -2.53. The third-order valence-corrected chi connectivity index (χ3v) is 2.19. The van der Waals surface area contributed by atoms with Crippen LogP contribution < -0.4 is 0 Å². The molecule has 2 unspecified atom stereocenters. The first kappa shape index (κ1) is 11.5. The average Bonchev–Trinajstić information content (AvgIpc) is 2.16. The van der Waals surface area contributed by atoms with Gasteiger partial charge in [0, 0.05) is 0 Å². The number of halogens is 4. The number of allylic oxidation sites excluding steroid dienone is 2. The van der Waals surface area contributed by atoms with Crippen LogP contribution in [0.15, 0.2) is 24.2 Å². The first-order chi connectivity index (χ1) is 6.31. The van der Waals surface area contributed by atoms with Crippen molar-refractivity contribution in [2.75, 3.05) is 6.61 Å². The Bertz CT molecular complexity index is 285. The van der Waals surface area contributed by atoms with Gasteiger partial charge < -0.3 is 4.74 Å². The van der Waals surface area contributed by atoms with Crippen LogP contribution in [0, 0.1) is 0 Å². The quantitative estimate of drug-likeness (QED) is 0.410. The van der Waals surface area contributed by atoms with E-state index in [0.717, 1.165) is 0 Å². The van der Waals surface area contributed by atoms with E-state index in [1.807, 2.05) is 0 Å². The zero-order valence-corrected chi connectivity index (χ0v) is 8.35. The molecule has 0 amide bonds. The van der Waals surface area contributed by atoms with Gasteiger partial charge in [-0.15, -0.1) is 0 Å². The SMILES string of the molecule is C=CCOC1=C(F)C(F)(F)CC1(F)P. The van der Waals surface area contributed by atoms with E-state index in [4.69, 9.17) is 0 Å². The molecule has 0 aromatic heterocycles. The molecule has 0 aliphatic heterocycles. The predicted molar refractivity (Wildman–Crippen MR) is 47.4 cm³/mol. The lowest BCUT2D eigenvalue weighted by Gasteiger charge is -2.16. The van der Waals surface area contributed by atoms with Gasteiger partial charge >= 0.3 is 5.92 Å². The molecular weight excluding hydrogens is 219 g/mol. The highest BCUT2D eigenvalue weighted by Gasteiger charge is 2.57. The van der Waals surface area contributed by atoms with Gasteiger partial charge in [0.1, 0.15) is 6.61 Å². The van der Waals surface area contributed by atoms with Crippen LogP contribution in [-0.4, -0.2) is 17.9 Å². The van der Waals surface area contributed by atoms with E-state index in [-0.39, 0.29) is 6.61 Å².